The normalized spacial score (nSPS) is 11.9. The molecule has 1 N–H and O–H groups in total. The number of quaternary nitrogens is 1. The van der Waals surface area contributed by atoms with Gasteiger partial charge in [-0.2, -0.15) is 4.68 Å². The van der Waals surface area contributed by atoms with Crippen molar-refractivity contribution in [2.75, 3.05) is 27.9 Å². The summed E-state index contributed by atoms with van der Waals surface area (Å²) >= 11 is 5.41. The predicted octanol–water partition coefficient (Wildman–Crippen LogP) is 2.96. The second-order valence-electron chi connectivity index (χ2n) is 6.51. The summed E-state index contributed by atoms with van der Waals surface area (Å²) in [4.78, 5) is 1.64. The van der Waals surface area contributed by atoms with Crippen LogP contribution in [0.1, 0.15) is 12.5 Å². The van der Waals surface area contributed by atoms with Crippen molar-refractivity contribution in [3.63, 3.8) is 0 Å². The Morgan fingerprint density at radius 2 is 1.69 bits per heavy atom. The van der Waals surface area contributed by atoms with Gasteiger partial charge in [0.2, 0.25) is 11.6 Å². The molecule has 1 heterocycles. The first-order chi connectivity index (χ1) is 14.1. The Labute approximate surface area is 175 Å². The van der Waals surface area contributed by atoms with Crippen LogP contribution in [-0.4, -0.2) is 37.7 Å². The van der Waals surface area contributed by atoms with Crippen molar-refractivity contribution in [1.82, 2.24) is 9.78 Å². The summed E-state index contributed by atoms with van der Waals surface area (Å²) in [5.41, 5.74) is 1.97. The van der Waals surface area contributed by atoms with Crippen molar-refractivity contribution in [2.24, 2.45) is 0 Å². The highest BCUT2D eigenvalue weighted by atomic mass is 32.1. The number of nitrogens with one attached hydrogen (secondary N) is 1. The highest BCUT2D eigenvalue weighted by molar-refractivity contribution is 7.71. The standard InChI is InChI=1S/C21H25N3O4S/c1-5-23(13-15-9-7-6-8-10-15)14-24-21(29)28-20(22-24)16-11-17(25-2)19(27-4)18(12-16)26-3/h6-12H,5,13-14H2,1-4H3/p+1. The second-order valence-corrected chi connectivity index (χ2v) is 6.86. The van der Waals surface area contributed by atoms with Gasteiger partial charge < -0.3 is 23.5 Å². The van der Waals surface area contributed by atoms with Crippen LogP contribution in [0.15, 0.2) is 46.9 Å². The first-order valence-corrected chi connectivity index (χ1v) is 9.76. The van der Waals surface area contributed by atoms with Gasteiger partial charge >= 0.3 is 0 Å². The highest BCUT2D eigenvalue weighted by Gasteiger charge is 2.19. The van der Waals surface area contributed by atoms with E-state index in [1.165, 1.54) is 10.5 Å². The lowest BCUT2D eigenvalue weighted by Gasteiger charge is -2.17. The van der Waals surface area contributed by atoms with E-state index >= 15 is 0 Å². The van der Waals surface area contributed by atoms with Gasteiger partial charge in [0.1, 0.15) is 6.54 Å². The molecule has 0 fully saturated rings. The molecular weight excluding hydrogens is 390 g/mol. The third-order valence-corrected chi connectivity index (χ3v) is 4.98. The lowest BCUT2D eigenvalue weighted by Crippen LogP contribution is -3.09. The Kier molecular flexibility index (Phi) is 6.90. The summed E-state index contributed by atoms with van der Waals surface area (Å²) in [6, 6.07) is 14.0. The van der Waals surface area contributed by atoms with E-state index in [9.17, 15) is 0 Å². The summed E-state index contributed by atoms with van der Waals surface area (Å²) in [7, 11) is 4.71. The maximum Gasteiger partial charge on any atom is 0.292 e. The first-order valence-electron chi connectivity index (χ1n) is 9.35. The molecule has 1 aromatic heterocycles. The summed E-state index contributed by atoms with van der Waals surface area (Å²) in [6.45, 7) is 4.56. The van der Waals surface area contributed by atoms with Gasteiger partial charge in [0, 0.05) is 11.1 Å². The molecule has 1 unspecified atom stereocenters. The van der Waals surface area contributed by atoms with Crippen LogP contribution in [0.4, 0.5) is 0 Å². The minimum atomic E-state index is 0.327. The zero-order valence-corrected chi connectivity index (χ0v) is 17.9. The summed E-state index contributed by atoms with van der Waals surface area (Å²) in [6.07, 6.45) is 0. The molecule has 29 heavy (non-hydrogen) atoms. The molecule has 0 aliphatic carbocycles. The van der Waals surface area contributed by atoms with E-state index in [0.29, 0.717) is 40.2 Å². The van der Waals surface area contributed by atoms with Crippen LogP contribution in [-0.2, 0) is 13.2 Å². The zero-order chi connectivity index (χ0) is 20.8. The van der Waals surface area contributed by atoms with Gasteiger partial charge in [-0.15, -0.1) is 5.10 Å². The molecule has 2 aromatic carbocycles. The minimum Gasteiger partial charge on any atom is -0.493 e. The Balaban J connectivity index is 1.87. The number of hydrogen-bond donors (Lipinski definition) is 1. The molecule has 0 aliphatic heterocycles. The van der Waals surface area contributed by atoms with Crippen LogP contribution < -0.4 is 19.1 Å². The van der Waals surface area contributed by atoms with E-state index in [4.69, 9.17) is 30.8 Å². The fourth-order valence-electron chi connectivity index (χ4n) is 3.12. The van der Waals surface area contributed by atoms with Crippen LogP contribution in [0.25, 0.3) is 11.5 Å². The number of benzene rings is 2. The van der Waals surface area contributed by atoms with Crippen LogP contribution in [0.2, 0.25) is 0 Å². The van der Waals surface area contributed by atoms with Gasteiger partial charge in [0.05, 0.1) is 27.9 Å². The van der Waals surface area contributed by atoms with Crippen molar-refractivity contribution >= 4 is 12.2 Å². The number of ether oxygens (including phenoxy) is 3. The maximum absolute atomic E-state index is 5.77. The molecule has 0 spiro atoms. The summed E-state index contributed by atoms with van der Waals surface area (Å²) in [5, 5.41) is 4.59. The van der Waals surface area contributed by atoms with Gasteiger partial charge in [0.15, 0.2) is 18.2 Å². The van der Waals surface area contributed by atoms with Gasteiger partial charge in [-0.05, 0) is 31.3 Å². The van der Waals surface area contributed by atoms with E-state index in [2.05, 4.69) is 24.2 Å². The maximum atomic E-state index is 5.77. The van der Waals surface area contributed by atoms with Crippen molar-refractivity contribution in [1.29, 1.82) is 0 Å². The molecule has 0 saturated carbocycles. The molecule has 1 atom stereocenters. The molecular formula is C21H26N3O4S+. The number of hydrogen-bond acceptors (Lipinski definition) is 6. The van der Waals surface area contributed by atoms with Crippen LogP contribution in [0.3, 0.4) is 0 Å². The summed E-state index contributed by atoms with van der Waals surface area (Å²) in [5.74, 6) is 1.98. The number of aromatic nitrogens is 2. The van der Waals surface area contributed by atoms with Crippen molar-refractivity contribution in [2.45, 2.75) is 20.1 Å². The van der Waals surface area contributed by atoms with Crippen LogP contribution >= 0.6 is 12.2 Å². The van der Waals surface area contributed by atoms with E-state index in [1.807, 2.05) is 18.2 Å². The summed E-state index contributed by atoms with van der Waals surface area (Å²) < 4.78 is 23.7. The van der Waals surface area contributed by atoms with Crippen molar-refractivity contribution in [3.8, 4) is 28.7 Å². The lowest BCUT2D eigenvalue weighted by molar-refractivity contribution is -0.935. The first kappa shape index (κ1) is 20.9. The van der Waals surface area contributed by atoms with Crippen LogP contribution in [0.5, 0.6) is 17.2 Å². The average molecular weight is 417 g/mol. The Hall–Kier alpha value is -2.84. The predicted molar refractivity (Wildman–Crippen MR) is 112 cm³/mol. The molecule has 0 aliphatic rings. The largest absolute Gasteiger partial charge is 0.493 e. The van der Waals surface area contributed by atoms with E-state index < -0.39 is 0 Å². The third kappa shape index (κ3) is 4.78. The van der Waals surface area contributed by atoms with Gasteiger partial charge in [-0.25, -0.2) is 0 Å². The molecule has 154 valence electrons. The van der Waals surface area contributed by atoms with Crippen molar-refractivity contribution in [3.05, 3.63) is 52.9 Å². The monoisotopic (exact) mass is 416 g/mol. The number of methoxy groups -OCH3 is 3. The van der Waals surface area contributed by atoms with Gasteiger partial charge in [-0.3, -0.25) is 0 Å². The zero-order valence-electron chi connectivity index (χ0n) is 17.1. The topological polar surface area (TPSA) is 63.1 Å². The smallest absolute Gasteiger partial charge is 0.292 e. The molecule has 8 heteroatoms. The van der Waals surface area contributed by atoms with Crippen LogP contribution in [0, 0.1) is 4.84 Å². The quantitative estimate of drug-likeness (QED) is 0.541. The fourth-order valence-corrected chi connectivity index (χ4v) is 3.30. The third-order valence-electron chi connectivity index (χ3n) is 4.69. The number of nitrogens with zero attached hydrogens (tertiary/aromatic N) is 2. The van der Waals surface area contributed by atoms with Gasteiger partial charge in [-0.1, -0.05) is 30.3 Å². The SMILES string of the molecule is CC[NH+](Cc1ccccc1)Cn1nc(-c2cc(OC)c(OC)c(OC)c2)oc1=S. The Morgan fingerprint density at radius 1 is 1.03 bits per heavy atom. The molecule has 0 bridgehead atoms. The Bertz CT molecular complexity index is 976. The van der Waals surface area contributed by atoms with Gasteiger partial charge in [0.25, 0.3) is 4.84 Å². The highest BCUT2D eigenvalue weighted by Crippen LogP contribution is 2.40. The van der Waals surface area contributed by atoms with E-state index in [-0.39, 0.29) is 0 Å². The second kappa shape index (κ2) is 9.58. The van der Waals surface area contributed by atoms with E-state index in [0.717, 1.165) is 13.1 Å². The molecule has 7 nitrogen and oxygen atoms in total. The minimum absolute atomic E-state index is 0.327. The van der Waals surface area contributed by atoms with Crippen molar-refractivity contribution < 1.29 is 23.5 Å². The number of rotatable bonds is 9. The average Bonchev–Trinajstić information content (AvgIpc) is 3.12. The van der Waals surface area contributed by atoms with E-state index in [1.54, 1.807) is 38.1 Å². The molecule has 0 saturated heterocycles. The molecule has 0 radical (unpaired) electrons. The molecule has 3 aromatic rings. The Morgan fingerprint density at radius 3 is 2.24 bits per heavy atom. The molecule has 0 amide bonds. The fraction of sp³-hybridized carbons (Fsp3) is 0.333. The molecule has 3 rings (SSSR count). The lowest BCUT2D eigenvalue weighted by atomic mass is 10.2.